The number of aromatic nitrogens is 4. The summed E-state index contributed by atoms with van der Waals surface area (Å²) in [6.07, 6.45) is 1.13. The lowest BCUT2D eigenvalue weighted by molar-refractivity contribution is -0.137. The second-order valence-electron chi connectivity index (χ2n) is 10.7. The zero-order valence-corrected chi connectivity index (χ0v) is 20.3. The molecule has 1 N–H and O–H groups in total. The molecule has 3 fully saturated rings. The first-order chi connectivity index (χ1) is 17.3. The van der Waals surface area contributed by atoms with Crippen LogP contribution in [0.4, 0.5) is 19.0 Å². The van der Waals surface area contributed by atoms with E-state index in [0.29, 0.717) is 23.3 Å². The van der Waals surface area contributed by atoms with Gasteiger partial charge in [0.15, 0.2) is 5.82 Å². The fraction of sp³-hybridized carbons (Fsp3) is 0.577. The van der Waals surface area contributed by atoms with Gasteiger partial charge in [-0.15, -0.1) is 10.2 Å². The molecule has 192 valence electrons. The number of aryl methyl sites for hydroxylation is 1. The van der Waals surface area contributed by atoms with Gasteiger partial charge < -0.3 is 19.5 Å². The summed E-state index contributed by atoms with van der Waals surface area (Å²) in [6, 6.07) is 6.41. The summed E-state index contributed by atoms with van der Waals surface area (Å²) in [5.74, 6) is 1.58. The summed E-state index contributed by atoms with van der Waals surface area (Å²) < 4.78 is 49.5. The van der Waals surface area contributed by atoms with E-state index in [0.717, 1.165) is 75.6 Å². The van der Waals surface area contributed by atoms with Crippen molar-refractivity contribution in [2.75, 3.05) is 38.2 Å². The van der Waals surface area contributed by atoms with Crippen LogP contribution in [0.2, 0.25) is 0 Å². The molecule has 3 aliphatic rings. The summed E-state index contributed by atoms with van der Waals surface area (Å²) in [5, 5.41) is 11.3. The molecule has 36 heavy (non-hydrogen) atoms. The third kappa shape index (κ3) is 4.68. The number of rotatable bonds is 5. The normalized spacial score (nSPS) is 25.5. The van der Waals surface area contributed by atoms with Crippen LogP contribution in [0.3, 0.4) is 0 Å². The van der Waals surface area contributed by atoms with E-state index in [4.69, 9.17) is 4.74 Å². The highest BCUT2D eigenvalue weighted by molar-refractivity contribution is 5.81. The van der Waals surface area contributed by atoms with Gasteiger partial charge >= 0.3 is 6.18 Å². The quantitative estimate of drug-likeness (QED) is 0.553. The molecule has 10 heteroatoms. The van der Waals surface area contributed by atoms with Crippen LogP contribution in [0.25, 0.3) is 22.3 Å². The Balaban J connectivity index is 1.15. The first-order valence-electron chi connectivity index (χ1n) is 12.8. The lowest BCUT2D eigenvalue weighted by Crippen LogP contribution is -2.32. The number of imidazole rings is 1. The standard InChI is InChI=1S/C26H31F3N6O/c1-34-15-30-22-3-2-17(10-24(22)34)23-11-21(26(27,28)29)25(33-32-23)31-20-8-18-13-35(14-19(18)9-20)12-16-4-6-36-7-5-16/h2-3,10-11,15-16,18-20H,4-9,12-14H2,1H3,(H,31,33)/t18-,19+,20+. The van der Waals surface area contributed by atoms with Gasteiger partial charge in [0.05, 0.1) is 23.1 Å². The molecule has 0 spiro atoms. The lowest BCUT2D eigenvalue weighted by Gasteiger charge is -2.28. The molecule has 0 radical (unpaired) electrons. The van der Waals surface area contributed by atoms with Crippen molar-refractivity contribution in [1.29, 1.82) is 0 Å². The van der Waals surface area contributed by atoms with Gasteiger partial charge in [0.2, 0.25) is 0 Å². The first-order valence-corrected chi connectivity index (χ1v) is 12.8. The van der Waals surface area contributed by atoms with Gasteiger partial charge in [-0.2, -0.15) is 13.2 Å². The maximum absolute atomic E-state index is 14.1. The minimum Gasteiger partial charge on any atom is -0.381 e. The molecule has 7 nitrogen and oxygen atoms in total. The van der Waals surface area contributed by atoms with E-state index in [1.165, 1.54) is 0 Å². The van der Waals surface area contributed by atoms with E-state index in [9.17, 15) is 13.2 Å². The molecule has 1 saturated carbocycles. The minimum absolute atomic E-state index is 0.0164. The number of alkyl halides is 3. The van der Waals surface area contributed by atoms with Crippen molar-refractivity contribution >= 4 is 16.9 Å². The highest BCUT2D eigenvalue weighted by atomic mass is 19.4. The van der Waals surface area contributed by atoms with Gasteiger partial charge in [-0.25, -0.2) is 4.98 Å². The predicted octanol–water partition coefficient (Wildman–Crippen LogP) is 4.60. The molecule has 4 heterocycles. The van der Waals surface area contributed by atoms with Crippen molar-refractivity contribution in [2.24, 2.45) is 24.8 Å². The maximum atomic E-state index is 14.1. The van der Waals surface area contributed by atoms with Crippen LogP contribution < -0.4 is 5.32 Å². The van der Waals surface area contributed by atoms with E-state index >= 15 is 0 Å². The molecule has 2 saturated heterocycles. The molecule has 3 atom stereocenters. The van der Waals surface area contributed by atoms with Crippen molar-refractivity contribution in [3.63, 3.8) is 0 Å². The Morgan fingerprint density at radius 1 is 1.06 bits per heavy atom. The van der Waals surface area contributed by atoms with Crippen LogP contribution in [-0.4, -0.2) is 63.5 Å². The number of nitrogens with one attached hydrogen (secondary N) is 1. The Hall–Kier alpha value is -2.72. The lowest BCUT2D eigenvalue weighted by atomic mass is 10.00. The summed E-state index contributed by atoms with van der Waals surface area (Å²) in [6.45, 7) is 4.90. The fourth-order valence-corrected chi connectivity index (χ4v) is 6.29. The highest BCUT2D eigenvalue weighted by Crippen LogP contribution is 2.42. The number of ether oxygens (including phenoxy) is 1. The molecule has 6 rings (SSSR count). The highest BCUT2D eigenvalue weighted by Gasteiger charge is 2.43. The van der Waals surface area contributed by atoms with Crippen molar-refractivity contribution in [3.8, 4) is 11.3 Å². The Morgan fingerprint density at radius 3 is 2.53 bits per heavy atom. The summed E-state index contributed by atoms with van der Waals surface area (Å²) in [5.41, 5.74) is 1.62. The van der Waals surface area contributed by atoms with Gasteiger partial charge in [-0.05, 0) is 61.6 Å². The van der Waals surface area contributed by atoms with Crippen molar-refractivity contribution in [3.05, 3.63) is 36.2 Å². The molecule has 1 aromatic carbocycles. The largest absolute Gasteiger partial charge is 0.420 e. The molecular weight excluding hydrogens is 469 g/mol. The number of hydrogen-bond acceptors (Lipinski definition) is 6. The number of anilines is 1. The van der Waals surface area contributed by atoms with Gasteiger partial charge in [0, 0.05) is 51.5 Å². The van der Waals surface area contributed by atoms with E-state index < -0.39 is 11.7 Å². The third-order valence-corrected chi connectivity index (χ3v) is 8.15. The van der Waals surface area contributed by atoms with Crippen LogP contribution in [0.15, 0.2) is 30.6 Å². The third-order valence-electron chi connectivity index (χ3n) is 8.15. The average molecular weight is 501 g/mol. The average Bonchev–Trinajstić information content (AvgIpc) is 3.52. The molecule has 1 aliphatic carbocycles. The minimum atomic E-state index is -4.53. The van der Waals surface area contributed by atoms with Gasteiger partial charge in [-0.3, -0.25) is 0 Å². The number of halogens is 3. The Bertz CT molecular complexity index is 1220. The van der Waals surface area contributed by atoms with Crippen LogP contribution in [0.1, 0.15) is 31.2 Å². The van der Waals surface area contributed by atoms with E-state index in [1.54, 1.807) is 24.5 Å². The second kappa shape index (κ2) is 9.30. The first kappa shape index (κ1) is 23.7. The van der Waals surface area contributed by atoms with Gasteiger partial charge in [0.25, 0.3) is 0 Å². The summed E-state index contributed by atoms with van der Waals surface area (Å²) in [4.78, 5) is 6.82. The maximum Gasteiger partial charge on any atom is 0.420 e. The second-order valence-corrected chi connectivity index (χ2v) is 10.7. The SMILES string of the molecule is Cn1cnc2ccc(-c3cc(C(F)(F)F)c(N[C@H]4C[C@@H]5CN(CC6CCOCC6)C[C@@H]5C4)nn3)cc21. The van der Waals surface area contributed by atoms with Crippen molar-refractivity contribution in [1.82, 2.24) is 24.6 Å². The number of hydrogen-bond donors (Lipinski definition) is 1. The number of fused-ring (bicyclic) bond motifs is 2. The molecule has 2 aromatic heterocycles. The number of nitrogens with zero attached hydrogens (tertiary/aromatic N) is 5. The smallest absolute Gasteiger partial charge is 0.381 e. The fourth-order valence-electron chi connectivity index (χ4n) is 6.29. The van der Waals surface area contributed by atoms with Crippen LogP contribution in [0, 0.1) is 17.8 Å². The van der Waals surface area contributed by atoms with Crippen LogP contribution >= 0.6 is 0 Å². The number of benzene rings is 1. The van der Waals surface area contributed by atoms with E-state index in [1.807, 2.05) is 11.6 Å². The summed E-state index contributed by atoms with van der Waals surface area (Å²) >= 11 is 0. The van der Waals surface area contributed by atoms with Gasteiger partial charge in [0.1, 0.15) is 5.56 Å². The zero-order valence-electron chi connectivity index (χ0n) is 20.3. The Morgan fingerprint density at radius 2 is 1.81 bits per heavy atom. The molecular formula is C26H31F3N6O. The van der Waals surface area contributed by atoms with E-state index in [-0.39, 0.29) is 17.6 Å². The molecule has 0 amide bonds. The van der Waals surface area contributed by atoms with Crippen molar-refractivity contribution in [2.45, 2.75) is 37.9 Å². The summed E-state index contributed by atoms with van der Waals surface area (Å²) in [7, 11) is 1.85. The van der Waals surface area contributed by atoms with Crippen LogP contribution in [0.5, 0.6) is 0 Å². The number of likely N-dealkylation sites (tertiary alicyclic amines) is 1. The van der Waals surface area contributed by atoms with Crippen molar-refractivity contribution < 1.29 is 17.9 Å². The molecule has 3 aromatic rings. The monoisotopic (exact) mass is 500 g/mol. The predicted molar refractivity (Wildman–Crippen MR) is 130 cm³/mol. The van der Waals surface area contributed by atoms with Crippen LogP contribution in [-0.2, 0) is 18.0 Å². The molecule has 0 bridgehead atoms. The van der Waals surface area contributed by atoms with E-state index in [2.05, 4.69) is 25.4 Å². The topological polar surface area (TPSA) is 68.1 Å². The Kier molecular flexibility index (Phi) is 6.11. The molecule has 0 unspecified atom stereocenters. The van der Waals surface area contributed by atoms with Gasteiger partial charge in [-0.1, -0.05) is 6.07 Å². The molecule has 2 aliphatic heterocycles. The Labute approximate surface area is 208 Å². The zero-order chi connectivity index (χ0) is 24.9.